The molecule has 1 N–H and O–H groups in total. The summed E-state index contributed by atoms with van der Waals surface area (Å²) in [4.78, 5) is 1.15. The smallest absolute Gasteiger partial charge is 0.0827 e. The lowest BCUT2D eigenvalue weighted by molar-refractivity contribution is 0.127. The molecule has 1 atom stereocenters. The first-order valence-electron chi connectivity index (χ1n) is 5.63. The van der Waals surface area contributed by atoms with Crippen LogP contribution in [0.2, 0.25) is 5.02 Å². The van der Waals surface area contributed by atoms with E-state index in [0.717, 1.165) is 22.0 Å². The molecule has 92 valence electrons. The Hall–Kier alpha value is -0.770. The molecule has 0 aliphatic heterocycles. The number of aromatic nitrogens is 1. The van der Waals surface area contributed by atoms with E-state index in [0.29, 0.717) is 0 Å². The van der Waals surface area contributed by atoms with Gasteiger partial charge in [-0.3, -0.25) is 0 Å². The molecule has 2 aromatic heterocycles. The van der Waals surface area contributed by atoms with Crippen molar-refractivity contribution in [2.75, 3.05) is 0 Å². The molecule has 0 fully saturated rings. The minimum Gasteiger partial charge on any atom is -0.388 e. The van der Waals surface area contributed by atoms with Crippen molar-refractivity contribution in [3.8, 4) is 0 Å². The highest BCUT2D eigenvalue weighted by Crippen LogP contribution is 2.25. The molecule has 17 heavy (non-hydrogen) atoms. The summed E-state index contributed by atoms with van der Waals surface area (Å²) >= 11 is 7.71. The summed E-state index contributed by atoms with van der Waals surface area (Å²) in [5, 5.41) is 12.8. The molecule has 1 unspecified atom stereocenters. The molecule has 0 amide bonds. The molecule has 0 aliphatic carbocycles. The summed E-state index contributed by atoms with van der Waals surface area (Å²) in [6.07, 6.45) is 3.58. The second kappa shape index (κ2) is 5.25. The van der Waals surface area contributed by atoms with Gasteiger partial charge in [0.2, 0.25) is 0 Å². The van der Waals surface area contributed by atoms with E-state index in [4.69, 9.17) is 11.6 Å². The van der Waals surface area contributed by atoms with E-state index < -0.39 is 6.10 Å². The van der Waals surface area contributed by atoms with Gasteiger partial charge in [0.15, 0.2) is 0 Å². The number of aliphatic hydroxyl groups is 1. The molecule has 2 nitrogen and oxygen atoms in total. The van der Waals surface area contributed by atoms with Crippen LogP contribution in [0, 0.1) is 5.92 Å². The van der Waals surface area contributed by atoms with Crippen LogP contribution in [0.1, 0.15) is 30.4 Å². The molecule has 2 rings (SSSR count). The lowest BCUT2D eigenvalue weighted by atomic mass is 10.0. The number of thiophene rings is 1. The highest BCUT2D eigenvalue weighted by molar-refractivity contribution is 7.10. The Labute approximate surface area is 110 Å². The highest BCUT2D eigenvalue weighted by Gasteiger charge is 2.13. The zero-order chi connectivity index (χ0) is 12.4. The summed E-state index contributed by atoms with van der Waals surface area (Å²) in [6.45, 7) is 4.79. The highest BCUT2D eigenvalue weighted by atomic mass is 35.5. The molecular formula is C13H16ClNOS. The van der Waals surface area contributed by atoms with Gasteiger partial charge in [-0.15, -0.1) is 11.3 Å². The molecule has 0 bridgehead atoms. The number of aliphatic hydroxyl groups excluding tert-OH is 1. The predicted molar refractivity (Wildman–Crippen MR) is 72.7 cm³/mol. The molecule has 0 aromatic carbocycles. The third kappa shape index (κ3) is 2.92. The number of rotatable bonds is 4. The monoisotopic (exact) mass is 269 g/mol. The van der Waals surface area contributed by atoms with Gasteiger partial charge in [-0.05, 0) is 29.0 Å². The van der Waals surface area contributed by atoms with Crippen molar-refractivity contribution in [1.82, 2.24) is 4.57 Å². The van der Waals surface area contributed by atoms with Crippen molar-refractivity contribution < 1.29 is 5.11 Å². The van der Waals surface area contributed by atoms with Crippen LogP contribution in [0.3, 0.4) is 0 Å². The second-order valence-corrected chi connectivity index (χ2v) is 5.91. The number of hydrogen-bond acceptors (Lipinski definition) is 2. The van der Waals surface area contributed by atoms with E-state index in [1.807, 2.05) is 43.8 Å². The Morgan fingerprint density at radius 1 is 1.41 bits per heavy atom. The largest absolute Gasteiger partial charge is 0.388 e. The maximum absolute atomic E-state index is 9.95. The third-order valence-electron chi connectivity index (χ3n) is 2.76. The first-order valence-corrected chi connectivity index (χ1v) is 6.89. The van der Waals surface area contributed by atoms with Crippen LogP contribution in [-0.4, -0.2) is 9.67 Å². The molecule has 4 heteroatoms. The topological polar surface area (TPSA) is 25.2 Å². The average Bonchev–Trinajstić information content (AvgIpc) is 2.88. The summed E-state index contributed by atoms with van der Waals surface area (Å²) in [5.41, 5.74) is 0.965. The fourth-order valence-corrected chi connectivity index (χ4v) is 2.83. The molecule has 0 aliphatic rings. The quantitative estimate of drug-likeness (QED) is 0.894. The minimum atomic E-state index is -0.393. The molecule has 0 spiro atoms. The van der Waals surface area contributed by atoms with Gasteiger partial charge >= 0.3 is 0 Å². The van der Waals surface area contributed by atoms with Crippen LogP contribution >= 0.6 is 22.9 Å². The fraction of sp³-hybridized carbons (Fsp3) is 0.385. The summed E-state index contributed by atoms with van der Waals surface area (Å²) < 4.78 is 2.05. The van der Waals surface area contributed by atoms with Gasteiger partial charge in [-0.1, -0.05) is 25.4 Å². The standard InChI is InChI=1S/C13H16ClNOS/c1-9(2)13(16)10-3-5-15(7-10)8-12-11(14)4-6-17-12/h3-7,9,13,16H,8H2,1-2H3. The second-order valence-electron chi connectivity index (χ2n) is 4.50. The molecule has 0 radical (unpaired) electrons. The van der Waals surface area contributed by atoms with E-state index in [2.05, 4.69) is 4.57 Å². The van der Waals surface area contributed by atoms with Crippen LogP contribution < -0.4 is 0 Å². The van der Waals surface area contributed by atoms with Crippen LogP contribution in [0.5, 0.6) is 0 Å². The van der Waals surface area contributed by atoms with Crippen LogP contribution in [0.25, 0.3) is 0 Å². The van der Waals surface area contributed by atoms with Crippen molar-refractivity contribution in [3.05, 3.63) is 45.4 Å². The third-order valence-corrected chi connectivity index (χ3v) is 4.14. The first-order chi connectivity index (χ1) is 8.08. The van der Waals surface area contributed by atoms with Crippen molar-refractivity contribution in [3.63, 3.8) is 0 Å². The number of nitrogens with zero attached hydrogens (tertiary/aromatic N) is 1. The van der Waals surface area contributed by atoms with Gasteiger partial charge < -0.3 is 9.67 Å². The Morgan fingerprint density at radius 3 is 2.76 bits per heavy atom. The van der Waals surface area contributed by atoms with Crippen molar-refractivity contribution in [2.24, 2.45) is 5.92 Å². The Kier molecular flexibility index (Phi) is 3.92. The number of hydrogen-bond donors (Lipinski definition) is 1. The normalized spacial score (nSPS) is 13.2. The van der Waals surface area contributed by atoms with Crippen LogP contribution in [0.15, 0.2) is 29.9 Å². The lowest BCUT2D eigenvalue weighted by Crippen LogP contribution is -2.04. The van der Waals surface area contributed by atoms with Crippen molar-refractivity contribution in [2.45, 2.75) is 26.5 Å². The van der Waals surface area contributed by atoms with Gasteiger partial charge in [0.05, 0.1) is 17.7 Å². The average molecular weight is 270 g/mol. The maximum atomic E-state index is 9.95. The van der Waals surface area contributed by atoms with Gasteiger partial charge in [0, 0.05) is 17.3 Å². The maximum Gasteiger partial charge on any atom is 0.0827 e. The zero-order valence-electron chi connectivity index (χ0n) is 9.93. The number of halogens is 1. The molecule has 2 aromatic rings. The van der Waals surface area contributed by atoms with E-state index in [-0.39, 0.29) is 5.92 Å². The van der Waals surface area contributed by atoms with E-state index in [1.165, 1.54) is 0 Å². The molecule has 0 saturated carbocycles. The summed E-state index contributed by atoms with van der Waals surface area (Å²) in [7, 11) is 0. The molecule has 2 heterocycles. The van der Waals surface area contributed by atoms with E-state index in [1.54, 1.807) is 11.3 Å². The first kappa shape index (κ1) is 12.7. The summed E-state index contributed by atoms with van der Waals surface area (Å²) in [5.74, 6) is 0.233. The van der Waals surface area contributed by atoms with Crippen molar-refractivity contribution in [1.29, 1.82) is 0 Å². The van der Waals surface area contributed by atoms with E-state index in [9.17, 15) is 5.11 Å². The molecule has 0 saturated heterocycles. The lowest BCUT2D eigenvalue weighted by Gasteiger charge is -2.12. The van der Waals surface area contributed by atoms with E-state index >= 15 is 0 Å². The predicted octanol–water partition coefficient (Wildman–Crippen LogP) is 3.94. The Morgan fingerprint density at radius 2 is 2.18 bits per heavy atom. The van der Waals surface area contributed by atoms with Crippen molar-refractivity contribution >= 4 is 22.9 Å². The van der Waals surface area contributed by atoms with Gasteiger partial charge in [-0.2, -0.15) is 0 Å². The van der Waals surface area contributed by atoms with Crippen LogP contribution in [-0.2, 0) is 6.54 Å². The van der Waals surface area contributed by atoms with Gasteiger partial charge in [-0.25, -0.2) is 0 Å². The van der Waals surface area contributed by atoms with Gasteiger partial charge in [0.25, 0.3) is 0 Å². The Bertz CT molecular complexity index is 489. The Balaban J connectivity index is 2.11. The SMILES string of the molecule is CC(C)C(O)c1ccn(Cc2sccc2Cl)c1. The molecular weight excluding hydrogens is 254 g/mol. The minimum absolute atomic E-state index is 0.233. The van der Waals surface area contributed by atoms with Crippen LogP contribution in [0.4, 0.5) is 0 Å². The summed E-state index contributed by atoms with van der Waals surface area (Å²) in [6, 6.07) is 3.88. The van der Waals surface area contributed by atoms with Gasteiger partial charge in [0.1, 0.15) is 0 Å². The fourth-order valence-electron chi connectivity index (χ4n) is 1.72. The zero-order valence-corrected chi connectivity index (χ0v) is 11.5.